The average molecular weight is 382 g/mol. The van der Waals surface area contributed by atoms with E-state index in [0.29, 0.717) is 17.2 Å². The molecule has 1 N–H and O–H groups in total. The van der Waals surface area contributed by atoms with Crippen molar-refractivity contribution < 1.29 is 24.2 Å². The number of nitrogens with zero attached hydrogens (tertiary/aromatic N) is 3. The van der Waals surface area contributed by atoms with Gasteiger partial charge in [-0.2, -0.15) is 5.10 Å². The van der Waals surface area contributed by atoms with E-state index in [-0.39, 0.29) is 10.8 Å². The normalized spacial score (nSPS) is 12.2. The minimum Gasteiger partial charge on any atom is -0.478 e. The summed E-state index contributed by atoms with van der Waals surface area (Å²) in [7, 11) is 3.02. The number of hydrogen-bond acceptors (Lipinski definition) is 7. The summed E-state index contributed by atoms with van der Waals surface area (Å²) in [6, 6.07) is 3.02. The lowest BCUT2D eigenvalue weighted by atomic mass is 10.2. The summed E-state index contributed by atoms with van der Waals surface area (Å²) in [5, 5.41) is 16.4. The zero-order valence-electron chi connectivity index (χ0n) is 15.1. The summed E-state index contributed by atoms with van der Waals surface area (Å²) in [5.41, 5.74) is 2.08. The molecular formula is C17H20ClN3O5. The maximum atomic E-state index is 11.6. The van der Waals surface area contributed by atoms with Gasteiger partial charge in [-0.3, -0.25) is 0 Å². The molecule has 140 valence electrons. The van der Waals surface area contributed by atoms with Crippen LogP contribution in [0.3, 0.4) is 0 Å². The first-order valence-electron chi connectivity index (χ1n) is 7.72. The van der Waals surface area contributed by atoms with Crippen LogP contribution >= 0.6 is 11.6 Å². The molecule has 0 fully saturated rings. The van der Waals surface area contributed by atoms with Crippen molar-refractivity contribution in [3.8, 4) is 17.4 Å². The lowest BCUT2D eigenvalue weighted by molar-refractivity contribution is -0.147. The van der Waals surface area contributed by atoms with Crippen LogP contribution in [0.4, 0.5) is 0 Å². The maximum absolute atomic E-state index is 11.6. The van der Waals surface area contributed by atoms with Gasteiger partial charge in [0.1, 0.15) is 5.75 Å². The van der Waals surface area contributed by atoms with E-state index in [4.69, 9.17) is 26.3 Å². The van der Waals surface area contributed by atoms with Crippen molar-refractivity contribution in [2.24, 2.45) is 12.2 Å². The number of oxime groups is 1. The molecule has 0 radical (unpaired) electrons. The maximum Gasteiger partial charge on any atom is 0.346 e. The molecule has 2 rings (SSSR count). The van der Waals surface area contributed by atoms with Crippen molar-refractivity contribution in [3.05, 3.63) is 34.0 Å². The first kappa shape index (κ1) is 19.6. The fourth-order valence-electron chi connectivity index (χ4n) is 2.29. The Morgan fingerprint density at radius 1 is 1.38 bits per heavy atom. The van der Waals surface area contributed by atoms with Crippen molar-refractivity contribution >= 4 is 23.8 Å². The van der Waals surface area contributed by atoms with Crippen molar-refractivity contribution in [3.63, 3.8) is 0 Å². The minimum atomic E-state index is -0.874. The van der Waals surface area contributed by atoms with Gasteiger partial charge < -0.3 is 19.4 Å². The van der Waals surface area contributed by atoms with E-state index in [1.165, 1.54) is 26.2 Å². The van der Waals surface area contributed by atoms with Gasteiger partial charge in [0.2, 0.25) is 5.88 Å². The molecule has 1 aromatic heterocycles. The summed E-state index contributed by atoms with van der Waals surface area (Å²) >= 11 is 6.28. The summed E-state index contributed by atoms with van der Waals surface area (Å²) in [6.07, 6.45) is 0.273. The topological polar surface area (TPSA) is 95.2 Å². The number of rotatable bonds is 6. The average Bonchev–Trinajstić information content (AvgIpc) is 2.84. The number of carbonyl (C=O) groups excluding carboxylic acids is 1. The first-order valence-corrected chi connectivity index (χ1v) is 8.09. The zero-order valence-corrected chi connectivity index (χ0v) is 15.9. The van der Waals surface area contributed by atoms with E-state index in [1.54, 1.807) is 11.7 Å². The van der Waals surface area contributed by atoms with Gasteiger partial charge in [-0.15, -0.1) is 0 Å². The molecule has 26 heavy (non-hydrogen) atoms. The third-order valence-electron chi connectivity index (χ3n) is 3.76. The number of halogens is 1. The number of carbonyl (C=O) groups is 1. The van der Waals surface area contributed by atoms with Crippen LogP contribution in [-0.4, -0.2) is 40.4 Å². The first-order chi connectivity index (χ1) is 12.3. The third-order valence-corrected chi connectivity index (χ3v) is 4.06. The van der Waals surface area contributed by atoms with Gasteiger partial charge in [-0.05, 0) is 26.8 Å². The highest BCUT2D eigenvalue weighted by molar-refractivity contribution is 6.32. The van der Waals surface area contributed by atoms with Crippen LogP contribution in [0.25, 0.3) is 0 Å². The minimum absolute atomic E-state index is 0.247. The molecule has 8 nitrogen and oxygen atoms in total. The van der Waals surface area contributed by atoms with E-state index in [9.17, 15) is 4.79 Å². The fourth-order valence-corrected chi connectivity index (χ4v) is 2.50. The summed E-state index contributed by atoms with van der Waals surface area (Å²) in [6.45, 7) is 5.29. The van der Waals surface area contributed by atoms with E-state index in [0.717, 1.165) is 17.5 Å². The standard InChI is InChI=1S/C17H20ClN3O5/c1-9-10(2)20-21(4)16(9)26-15-7-14(25-11(3)17(22)24-5)12(8-19-23)6-13(15)18/h6-8,11,23H,1-5H3/b19-8-/t11-/m0/s1. The van der Waals surface area contributed by atoms with Gasteiger partial charge >= 0.3 is 5.97 Å². The SMILES string of the molecule is COC(=O)[C@H](C)Oc1cc(Oc2c(C)c(C)nn2C)c(Cl)cc1/C=N\O. The Morgan fingerprint density at radius 3 is 2.62 bits per heavy atom. The van der Waals surface area contributed by atoms with Crippen LogP contribution in [0.15, 0.2) is 17.3 Å². The molecule has 0 bridgehead atoms. The lowest BCUT2D eigenvalue weighted by Gasteiger charge is -2.16. The Bertz CT molecular complexity index is 847. The molecule has 0 aliphatic rings. The highest BCUT2D eigenvalue weighted by Crippen LogP contribution is 2.36. The van der Waals surface area contributed by atoms with Crippen molar-refractivity contribution in [1.82, 2.24) is 9.78 Å². The molecule has 1 aromatic carbocycles. The number of hydrogen-bond donors (Lipinski definition) is 1. The Labute approximate surface area is 155 Å². The van der Waals surface area contributed by atoms with Crippen LogP contribution in [0.2, 0.25) is 5.02 Å². The molecule has 0 saturated heterocycles. The lowest BCUT2D eigenvalue weighted by Crippen LogP contribution is -2.25. The van der Waals surface area contributed by atoms with E-state index < -0.39 is 12.1 Å². The molecule has 2 aromatic rings. The third kappa shape index (κ3) is 4.08. The molecule has 9 heteroatoms. The monoisotopic (exact) mass is 381 g/mol. The second kappa shape index (κ2) is 8.09. The van der Waals surface area contributed by atoms with E-state index >= 15 is 0 Å². The predicted molar refractivity (Wildman–Crippen MR) is 95.7 cm³/mol. The number of ether oxygens (including phenoxy) is 3. The van der Waals surface area contributed by atoms with E-state index in [1.807, 2.05) is 13.8 Å². The van der Waals surface area contributed by atoms with Crippen LogP contribution < -0.4 is 9.47 Å². The van der Waals surface area contributed by atoms with Crippen molar-refractivity contribution in [1.29, 1.82) is 0 Å². The van der Waals surface area contributed by atoms with Crippen LogP contribution in [-0.2, 0) is 16.6 Å². The highest BCUT2D eigenvalue weighted by atomic mass is 35.5. The molecule has 0 amide bonds. The molecule has 1 heterocycles. The fraction of sp³-hybridized carbons (Fsp3) is 0.353. The summed E-state index contributed by atoms with van der Waals surface area (Å²) in [4.78, 5) is 11.6. The smallest absolute Gasteiger partial charge is 0.346 e. The molecular weight excluding hydrogens is 362 g/mol. The van der Waals surface area contributed by atoms with Crippen LogP contribution in [0.5, 0.6) is 17.4 Å². The van der Waals surface area contributed by atoms with Crippen molar-refractivity contribution in [2.45, 2.75) is 26.9 Å². The molecule has 1 atom stereocenters. The Kier molecular flexibility index (Phi) is 6.10. The molecule has 0 spiro atoms. The second-order valence-electron chi connectivity index (χ2n) is 5.59. The van der Waals surface area contributed by atoms with Crippen LogP contribution in [0.1, 0.15) is 23.7 Å². The molecule has 0 saturated carbocycles. The van der Waals surface area contributed by atoms with Gasteiger partial charge in [0, 0.05) is 24.2 Å². The van der Waals surface area contributed by atoms with Gasteiger partial charge in [0.15, 0.2) is 11.9 Å². The largest absolute Gasteiger partial charge is 0.478 e. The van der Waals surface area contributed by atoms with Gasteiger partial charge in [0.25, 0.3) is 0 Å². The Hall–Kier alpha value is -2.74. The van der Waals surface area contributed by atoms with Gasteiger partial charge in [0.05, 0.1) is 24.0 Å². The number of esters is 1. The van der Waals surface area contributed by atoms with Crippen molar-refractivity contribution in [2.75, 3.05) is 7.11 Å². The summed E-state index contributed by atoms with van der Waals surface area (Å²) < 4.78 is 17.8. The van der Waals surface area contributed by atoms with Crippen LogP contribution in [0, 0.1) is 13.8 Å². The second-order valence-corrected chi connectivity index (χ2v) is 6.00. The predicted octanol–water partition coefficient (Wildman–Crippen LogP) is 3.23. The number of aromatic nitrogens is 2. The molecule has 0 unspecified atom stereocenters. The highest BCUT2D eigenvalue weighted by Gasteiger charge is 2.20. The number of aryl methyl sites for hydroxylation is 2. The molecule has 0 aliphatic heterocycles. The number of benzene rings is 1. The van der Waals surface area contributed by atoms with Gasteiger partial charge in [-0.25, -0.2) is 9.48 Å². The Balaban J connectivity index is 2.44. The molecule has 0 aliphatic carbocycles. The Morgan fingerprint density at radius 2 is 2.08 bits per heavy atom. The van der Waals surface area contributed by atoms with Gasteiger partial charge in [-0.1, -0.05) is 16.8 Å². The summed E-state index contributed by atoms with van der Waals surface area (Å²) in [5.74, 6) is 0.531. The van der Waals surface area contributed by atoms with E-state index in [2.05, 4.69) is 15.0 Å². The zero-order chi connectivity index (χ0) is 19.4. The number of methoxy groups -OCH3 is 1. The quantitative estimate of drug-likeness (QED) is 0.357.